The number of carbonyl (C=O) groups is 2. The number of carbonyl (C=O) groups excluding carboxylic acids is 2. The molecule has 0 amide bonds. The Kier molecular flexibility index (Phi) is 11.9. The molecule has 14 heteroatoms. The van der Waals surface area contributed by atoms with Gasteiger partial charge in [-0.15, -0.1) is 0 Å². The zero-order valence-corrected chi connectivity index (χ0v) is 35.4. The van der Waals surface area contributed by atoms with Gasteiger partial charge in [0.05, 0.1) is 16.8 Å². The smallest absolute Gasteiger partial charge is 0.323 e. The first kappa shape index (κ1) is 42.7. The van der Waals surface area contributed by atoms with Gasteiger partial charge in [-0.25, -0.2) is 8.78 Å². The second-order valence-electron chi connectivity index (χ2n) is 17.6. The van der Waals surface area contributed by atoms with E-state index in [1.54, 1.807) is 49.5 Å². The molecule has 3 fully saturated rings. The molecule has 0 bridgehead atoms. The van der Waals surface area contributed by atoms with E-state index >= 15 is 0 Å². The van der Waals surface area contributed by atoms with Gasteiger partial charge in [-0.2, -0.15) is 0 Å². The number of fused-ring (bicyclic) bond motifs is 4. The van der Waals surface area contributed by atoms with Crippen molar-refractivity contribution in [1.82, 2.24) is 15.1 Å². The molecule has 3 heterocycles. The molecule has 11 nitrogen and oxygen atoms in total. The van der Waals surface area contributed by atoms with E-state index in [-0.39, 0.29) is 41.9 Å². The van der Waals surface area contributed by atoms with Crippen molar-refractivity contribution in [3.8, 4) is 0 Å². The molecule has 1 saturated carbocycles. The standard InChI is InChI=1S/C46H55ClF2N4O7/c1-26-23-36-34(27(2)25-52-19-21-53(22-20-52)39(30-10-14-32(48)15-11-30)31-12-16-33(49)17-13-31)18-9-28(3)46(36,57)42(41(26)58-29(4)54)59-43(55)38-24-45(56)35-7-6-8-37(47)40(35)51(5)60-44(45)50-38/h6-8,10-17,23,27-28,34,36,38-39,41-42,44,50,56-57H,9,18-22,24-25H2,1-5H3/t27-,28+,34-,36?,38-,41+,42-,44+,45+,46+/m0/s1. The summed E-state index contributed by atoms with van der Waals surface area (Å²) in [6.45, 7) is 11.1. The van der Waals surface area contributed by atoms with E-state index in [9.17, 15) is 28.6 Å². The summed E-state index contributed by atoms with van der Waals surface area (Å²) in [5.41, 5.74) is 0.441. The highest BCUT2D eigenvalue weighted by molar-refractivity contribution is 6.33. The highest BCUT2D eigenvalue weighted by Gasteiger charge is 2.62. The van der Waals surface area contributed by atoms with Crippen molar-refractivity contribution in [1.29, 1.82) is 0 Å². The molecule has 0 spiro atoms. The summed E-state index contributed by atoms with van der Waals surface area (Å²) in [5, 5.41) is 30.0. The van der Waals surface area contributed by atoms with Crippen LogP contribution < -0.4 is 10.4 Å². The molecule has 8 rings (SSSR count). The average molecular weight is 849 g/mol. The Bertz CT molecular complexity index is 2060. The van der Waals surface area contributed by atoms with Crippen LogP contribution in [0, 0.1) is 35.3 Å². The lowest BCUT2D eigenvalue weighted by Crippen LogP contribution is -2.66. The van der Waals surface area contributed by atoms with Crippen LogP contribution in [-0.4, -0.2) is 102 Å². The third-order valence-corrected chi connectivity index (χ3v) is 14.2. The number of anilines is 1. The lowest BCUT2D eigenvalue weighted by atomic mass is 9.55. The summed E-state index contributed by atoms with van der Waals surface area (Å²) in [5.74, 6) is -2.44. The van der Waals surface area contributed by atoms with Crippen molar-refractivity contribution in [2.75, 3.05) is 44.8 Å². The van der Waals surface area contributed by atoms with Crippen molar-refractivity contribution < 1.29 is 42.9 Å². The number of hydrogen-bond donors (Lipinski definition) is 3. The molecule has 1 unspecified atom stereocenters. The number of hydrogen-bond acceptors (Lipinski definition) is 11. The minimum absolute atomic E-state index is 0.0169. The number of para-hydroxylation sites is 1. The maximum absolute atomic E-state index is 14.3. The van der Waals surface area contributed by atoms with Crippen LogP contribution in [0.25, 0.3) is 0 Å². The Hall–Kier alpha value is -3.95. The van der Waals surface area contributed by atoms with E-state index in [2.05, 4.69) is 22.0 Å². The highest BCUT2D eigenvalue weighted by atomic mass is 35.5. The number of hydroxylamine groups is 1. The molecular formula is C46H55ClF2N4O7. The molecule has 0 radical (unpaired) electrons. The van der Waals surface area contributed by atoms with Crippen LogP contribution in [0.5, 0.6) is 0 Å². The molecular weight excluding hydrogens is 794 g/mol. The molecule has 0 aromatic heterocycles. The van der Waals surface area contributed by atoms with Crippen LogP contribution in [-0.2, 0) is 29.5 Å². The average Bonchev–Trinajstić information content (AvgIpc) is 3.56. The van der Waals surface area contributed by atoms with E-state index in [0.717, 1.165) is 50.3 Å². The molecule has 3 N–H and O–H groups in total. The summed E-state index contributed by atoms with van der Waals surface area (Å²) < 4.78 is 40.1. The highest BCUT2D eigenvalue weighted by Crippen LogP contribution is 2.53. The van der Waals surface area contributed by atoms with E-state index in [1.165, 1.54) is 36.3 Å². The van der Waals surface area contributed by atoms with Crippen LogP contribution in [0.1, 0.15) is 69.7 Å². The monoisotopic (exact) mass is 848 g/mol. The van der Waals surface area contributed by atoms with Gasteiger partial charge in [0.25, 0.3) is 0 Å². The van der Waals surface area contributed by atoms with Crippen LogP contribution in [0.15, 0.2) is 78.4 Å². The van der Waals surface area contributed by atoms with Crippen molar-refractivity contribution in [3.63, 3.8) is 0 Å². The van der Waals surface area contributed by atoms with Gasteiger partial charge in [0, 0.05) is 64.6 Å². The second kappa shape index (κ2) is 16.7. The predicted molar refractivity (Wildman–Crippen MR) is 222 cm³/mol. The van der Waals surface area contributed by atoms with Gasteiger partial charge in [0.15, 0.2) is 18.4 Å². The van der Waals surface area contributed by atoms with E-state index in [1.807, 2.05) is 19.9 Å². The summed E-state index contributed by atoms with van der Waals surface area (Å²) in [4.78, 5) is 37.6. The number of nitrogens with one attached hydrogen (secondary N) is 1. The maximum atomic E-state index is 14.3. The first-order valence-corrected chi connectivity index (χ1v) is 21.4. The van der Waals surface area contributed by atoms with Gasteiger partial charge in [-0.1, -0.05) is 67.9 Å². The Balaban J connectivity index is 0.991. The number of piperazine rings is 1. The molecule has 2 aliphatic carbocycles. The van der Waals surface area contributed by atoms with Crippen molar-refractivity contribution >= 4 is 29.2 Å². The quantitative estimate of drug-likeness (QED) is 0.171. The normalized spacial score (nSPS) is 32.4. The molecule has 3 aromatic carbocycles. The lowest BCUT2D eigenvalue weighted by Gasteiger charge is -2.56. The number of benzene rings is 3. The molecule has 2 saturated heterocycles. The first-order chi connectivity index (χ1) is 28.6. The summed E-state index contributed by atoms with van der Waals surface area (Å²) in [6, 6.07) is 17.0. The van der Waals surface area contributed by atoms with E-state index in [0.29, 0.717) is 28.3 Å². The van der Waals surface area contributed by atoms with Crippen molar-refractivity contribution in [3.05, 3.63) is 112 Å². The molecule has 3 aliphatic heterocycles. The van der Waals surface area contributed by atoms with Crippen molar-refractivity contribution in [2.45, 2.75) is 88.7 Å². The van der Waals surface area contributed by atoms with Crippen LogP contribution >= 0.6 is 11.6 Å². The Morgan fingerprint density at radius 3 is 2.22 bits per heavy atom. The fourth-order valence-electron chi connectivity index (χ4n) is 10.8. The van der Waals surface area contributed by atoms with Crippen molar-refractivity contribution in [2.24, 2.45) is 23.7 Å². The first-order valence-electron chi connectivity index (χ1n) is 21.0. The van der Waals surface area contributed by atoms with Crippen LogP contribution in [0.3, 0.4) is 0 Å². The minimum Gasteiger partial charge on any atom is -0.454 e. The number of rotatable bonds is 9. The molecule has 322 valence electrons. The van der Waals surface area contributed by atoms with Crippen LogP contribution in [0.2, 0.25) is 5.02 Å². The van der Waals surface area contributed by atoms with Crippen LogP contribution in [0.4, 0.5) is 14.5 Å². The van der Waals surface area contributed by atoms with Gasteiger partial charge in [0.2, 0.25) is 0 Å². The molecule has 3 aromatic rings. The number of ether oxygens (including phenoxy) is 2. The number of aliphatic hydroxyl groups is 2. The second-order valence-corrected chi connectivity index (χ2v) is 18.0. The zero-order valence-electron chi connectivity index (χ0n) is 34.7. The number of esters is 2. The molecule has 5 aliphatic rings. The third kappa shape index (κ3) is 7.76. The van der Waals surface area contributed by atoms with E-state index in [4.69, 9.17) is 25.9 Å². The summed E-state index contributed by atoms with van der Waals surface area (Å²) in [6.07, 6.45) is 0.270. The largest absolute Gasteiger partial charge is 0.454 e. The number of halogens is 3. The van der Waals surface area contributed by atoms with Gasteiger partial charge < -0.3 is 24.6 Å². The minimum atomic E-state index is -1.60. The lowest BCUT2D eigenvalue weighted by molar-refractivity contribution is -0.225. The summed E-state index contributed by atoms with van der Waals surface area (Å²) in [7, 11) is 1.68. The van der Waals surface area contributed by atoms with Gasteiger partial charge in [0.1, 0.15) is 28.9 Å². The Morgan fingerprint density at radius 2 is 1.60 bits per heavy atom. The summed E-state index contributed by atoms with van der Waals surface area (Å²) >= 11 is 6.49. The van der Waals surface area contributed by atoms with Gasteiger partial charge in [-0.3, -0.25) is 29.7 Å². The topological polar surface area (TPSA) is 124 Å². The molecule has 60 heavy (non-hydrogen) atoms. The van der Waals surface area contributed by atoms with E-state index < -0.39 is 53.5 Å². The molecule has 10 atom stereocenters. The zero-order chi connectivity index (χ0) is 42.7. The van der Waals surface area contributed by atoms with Gasteiger partial charge >= 0.3 is 11.9 Å². The SMILES string of the molecule is CC(=O)O[C@@H]1C(C)=CC2[C@H]([C@@H](C)CN3CCN(C(c4ccc(F)cc4)c4ccc(F)cc4)CC3)CC[C@@H](C)[C@]2(O)[C@H]1OC(=O)[C@@H]1C[C@@]2(O)c3cccc(Cl)c3N(C)O[C@H]2N1. The Labute approximate surface area is 355 Å². The fourth-order valence-corrected chi connectivity index (χ4v) is 11.1. The predicted octanol–water partition coefficient (Wildman–Crippen LogP) is 6.12. The number of nitrogens with zero attached hydrogens (tertiary/aromatic N) is 3. The third-order valence-electron chi connectivity index (χ3n) is 13.9. The maximum Gasteiger partial charge on any atom is 0.323 e. The Morgan fingerprint density at radius 1 is 0.967 bits per heavy atom. The van der Waals surface area contributed by atoms with Gasteiger partial charge in [-0.05, 0) is 84.6 Å². The fraction of sp³-hybridized carbons (Fsp3) is 0.522.